The first-order chi connectivity index (χ1) is 13.6. The number of hydrogen-bond donors (Lipinski definition) is 2. The lowest BCUT2D eigenvalue weighted by atomic mass is 10.2. The van der Waals surface area contributed by atoms with E-state index in [0.29, 0.717) is 12.1 Å². The van der Waals surface area contributed by atoms with Gasteiger partial charge in [0, 0.05) is 55.0 Å². The Balaban J connectivity index is 1.31. The number of hydrogen-bond acceptors (Lipinski definition) is 4. The van der Waals surface area contributed by atoms with Gasteiger partial charge in [0.25, 0.3) is 5.91 Å². The van der Waals surface area contributed by atoms with E-state index in [2.05, 4.69) is 60.6 Å². The molecule has 0 spiro atoms. The molecular weight excluding hydrogens is 420 g/mol. The van der Waals surface area contributed by atoms with Crippen molar-refractivity contribution < 1.29 is 9.59 Å². The van der Waals surface area contributed by atoms with Gasteiger partial charge in [-0.2, -0.15) is 0 Å². The number of nitrogens with one attached hydrogen (secondary N) is 2. The Morgan fingerprint density at radius 3 is 2.39 bits per heavy atom. The molecule has 1 heterocycles. The molecule has 0 saturated carbocycles. The molecule has 6 nitrogen and oxygen atoms in total. The van der Waals surface area contributed by atoms with Crippen LogP contribution in [0.25, 0.3) is 0 Å². The maximum Gasteiger partial charge on any atom is 0.251 e. The second-order valence-corrected chi connectivity index (χ2v) is 7.62. The molecule has 0 atom stereocenters. The Bertz CT molecular complexity index is 792. The van der Waals surface area contributed by atoms with Crippen LogP contribution in [-0.4, -0.2) is 62.5 Å². The quantitative estimate of drug-likeness (QED) is 0.686. The van der Waals surface area contributed by atoms with E-state index in [0.717, 1.165) is 37.2 Å². The highest BCUT2D eigenvalue weighted by Crippen LogP contribution is 2.15. The standard InChI is InChI=1S/C21H25BrN4O2/c22-18-6-4-5-17(15-18)21(28)24-16-20(27)23-9-10-25-11-13-26(14-12-25)19-7-2-1-3-8-19/h1-8,15H,9-14,16H2,(H,23,27)(H,24,28). The fourth-order valence-electron chi connectivity index (χ4n) is 3.18. The van der Waals surface area contributed by atoms with Crippen molar-refractivity contribution in [2.24, 2.45) is 0 Å². The normalized spacial score (nSPS) is 14.5. The molecule has 7 heteroatoms. The fourth-order valence-corrected chi connectivity index (χ4v) is 3.58. The third kappa shape index (κ3) is 6.07. The van der Waals surface area contributed by atoms with Gasteiger partial charge in [0.1, 0.15) is 0 Å². The zero-order valence-corrected chi connectivity index (χ0v) is 17.3. The van der Waals surface area contributed by atoms with E-state index < -0.39 is 0 Å². The molecule has 0 radical (unpaired) electrons. The van der Waals surface area contributed by atoms with Gasteiger partial charge in [0.2, 0.25) is 5.91 Å². The summed E-state index contributed by atoms with van der Waals surface area (Å²) in [6.45, 7) is 5.30. The van der Waals surface area contributed by atoms with Gasteiger partial charge >= 0.3 is 0 Å². The topological polar surface area (TPSA) is 64.7 Å². The summed E-state index contributed by atoms with van der Waals surface area (Å²) in [5.74, 6) is -0.431. The number of para-hydroxylation sites is 1. The van der Waals surface area contributed by atoms with Crippen LogP contribution in [0, 0.1) is 0 Å². The van der Waals surface area contributed by atoms with Gasteiger partial charge in [-0.25, -0.2) is 0 Å². The maximum atomic E-state index is 12.0. The van der Waals surface area contributed by atoms with Crippen molar-refractivity contribution in [3.8, 4) is 0 Å². The summed E-state index contributed by atoms with van der Waals surface area (Å²) in [6, 6.07) is 17.5. The maximum absolute atomic E-state index is 12.0. The number of rotatable bonds is 7. The first-order valence-electron chi connectivity index (χ1n) is 9.44. The van der Waals surface area contributed by atoms with Crippen LogP contribution in [0.4, 0.5) is 5.69 Å². The Labute approximate surface area is 174 Å². The third-order valence-electron chi connectivity index (χ3n) is 4.74. The SMILES string of the molecule is O=C(CNC(=O)c1cccc(Br)c1)NCCN1CCN(c2ccccc2)CC1. The van der Waals surface area contributed by atoms with Crippen molar-refractivity contribution >= 4 is 33.4 Å². The first-order valence-corrected chi connectivity index (χ1v) is 10.2. The average molecular weight is 445 g/mol. The Morgan fingerprint density at radius 1 is 0.929 bits per heavy atom. The van der Waals surface area contributed by atoms with E-state index in [9.17, 15) is 9.59 Å². The molecular formula is C21H25BrN4O2. The van der Waals surface area contributed by atoms with Gasteiger partial charge < -0.3 is 15.5 Å². The van der Waals surface area contributed by atoms with Crippen LogP contribution in [0.5, 0.6) is 0 Å². The van der Waals surface area contributed by atoms with Crippen LogP contribution in [0.15, 0.2) is 59.1 Å². The molecule has 0 bridgehead atoms. The Hall–Kier alpha value is -2.38. The zero-order valence-electron chi connectivity index (χ0n) is 15.7. The highest BCUT2D eigenvalue weighted by molar-refractivity contribution is 9.10. The summed E-state index contributed by atoms with van der Waals surface area (Å²) in [6.07, 6.45) is 0. The van der Waals surface area contributed by atoms with Crippen LogP contribution in [0.1, 0.15) is 10.4 Å². The molecule has 28 heavy (non-hydrogen) atoms. The van der Waals surface area contributed by atoms with Crippen molar-refractivity contribution in [3.05, 3.63) is 64.6 Å². The average Bonchev–Trinajstić information content (AvgIpc) is 2.73. The predicted octanol–water partition coefficient (Wildman–Crippen LogP) is 2.12. The van der Waals surface area contributed by atoms with E-state index in [1.54, 1.807) is 18.2 Å². The smallest absolute Gasteiger partial charge is 0.251 e. The summed E-state index contributed by atoms with van der Waals surface area (Å²) in [4.78, 5) is 28.7. The molecule has 0 unspecified atom stereocenters. The summed E-state index contributed by atoms with van der Waals surface area (Å²) >= 11 is 3.33. The van der Waals surface area contributed by atoms with Crippen LogP contribution < -0.4 is 15.5 Å². The lowest BCUT2D eigenvalue weighted by Gasteiger charge is -2.36. The third-order valence-corrected chi connectivity index (χ3v) is 5.23. The molecule has 148 valence electrons. The van der Waals surface area contributed by atoms with Crippen LogP contribution >= 0.6 is 15.9 Å². The van der Waals surface area contributed by atoms with Crippen molar-refractivity contribution in [1.29, 1.82) is 0 Å². The number of halogens is 1. The Kier molecular flexibility index (Phi) is 7.45. The molecule has 2 N–H and O–H groups in total. The van der Waals surface area contributed by atoms with Crippen LogP contribution in [0.3, 0.4) is 0 Å². The number of benzene rings is 2. The molecule has 2 amide bonds. The molecule has 0 aliphatic carbocycles. The minimum atomic E-state index is -0.256. The molecule has 1 aliphatic rings. The Morgan fingerprint density at radius 2 is 1.68 bits per heavy atom. The van der Waals surface area contributed by atoms with Crippen LogP contribution in [0.2, 0.25) is 0 Å². The predicted molar refractivity (Wildman–Crippen MR) is 115 cm³/mol. The van der Waals surface area contributed by atoms with E-state index in [4.69, 9.17) is 0 Å². The number of nitrogens with zero attached hydrogens (tertiary/aromatic N) is 2. The summed E-state index contributed by atoms with van der Waals surface area (Å²) < 4.78 is 0.831. The highest BCUT2D eigenvalue weighted by atomic mass is 79.9. The number of carbonyl (C=O) groups excluding carboxylic acids is 2. The molecule has 0 aromatic heterocycles. The van der Waals surface area contributed by atoms with E-state index in [-0.39, 0.29) is 18.4 Å². The van der Waals surface area contributed by atoms with Crippen molar-refractivity contribution in [2.75, 3.05) is 50.7 Å². The van der Waals surface area contributed by atoms with Gasteiger partial charge in [0.05, 0.1) is 6.54 Å². The lowest BCUT2D eigenvalue weighted by Crippen LogP contribution is -2.49. The monoisotopic (exact) mass is 444 g/mol. The second-order valence-electron chi connectivity index (χ2n) is 6.71. The summed E-state index contributed by atoms with van der Waals surface area (Å²) in [5.41, 5.74) is 1.79. The van der Waals surface area contributed by atoms with Gasteiger partial charge in [-0.05, 0) is 30.3 Å². The number of anilines is 1. The van der Waals surface area contributed by atoms with E-state index in [1.807, 2.05) is 12.1 Å². The number of carbonyl (C=O) groups is 2. The molecule has 2 aromatic rings. The number of piperazine rings is 1. The molecule has 3 rings (SSSR count). The van der Waals surface area contributed by atoms with E-state index >= 15 is 0 Å². The summed E-state index contributed by atoms with van der Waals surface area (Å²) in [5, 5.41) is 5.52. The van der Waals surface area contributed by atoms with Gasteiger partial charge in [-0.1, -0.05) is 40.2 Å². The number of amides is 2. The van der Waals surface area contributed by atoms with E-state index in [1.165, 1.54) is 5.69 Å². The lowest BCUT2D eigenvalue weighted by molar-refractivity contribution is -0.120. The minimum Gasteiger partial charge on any atom is -0.369 e. The minimum absolute atomic E-state index is 0.0207. The van der Waals surface area contributed by atoms with Crippen molar-refractivity contribution in [3.63, 3.8) is 0 Å². The van der Waals surface area contributed by atoms with Crippen LogP contribution in [-0.2, 0) is 4.79 Å². The van der Waals surface area contributed by atoms with Gasteiger partial charge in [-0.3, -0.25) is 14.5 Å². The molecule has 1 fully saturated rings. The molecule has 1 saturated heterocycles. The molecule has 2 aromatic carbocycles. The zero-order chi connectivity index (χ0) is 19.8. The van der Waals surface area contributed by atoms with Gasteiger partial charge in [0.15, 0.2) is 0 Å². The molecule has 1 aliphatic heterocycles. The fraction of sp³-hybridized carbons (Fsp3) is 0.333. The highest BCUT2D eigenvalue weighted by Gasteiger charge is 2.17. The largest absolute Gasteiger partial charge is 0.369 e. The van der Waals surface area contributed by atoms with Crippen molar-refractivity contribution in [1.82, 2.24) is 15.5 Å². The summed E-state index contributed by atoms with van der Waals surface area (Å²) in [7, 11) is 0. The first kappa shape index (κ1) is 20.4. The van der Waals surface area contributed by atoms with Crippen molar-refractivity contribution in [2.45, 2.75) is 0 Å². The van der Waals surface area contributed by atoms with Gasteiger partial charge in [-0.15, -0.1) is 0 Å². The second kappa shape index (κ2) is 10.2.